The van der Waals surface area contributed by atoms with Crippen molar-refractivity contribution >= 4 is 5.71 Å². The molecule has 11 heavy (non-hydrogen) atoms. The fourth-order valence-corrected chi connectivity index (χ4v) is 0.700. The number of rotatable bonds is 0. The summed E-state index contributed by atoms with van der Waals surface area (Å²) in [4.78, 5) is 0. The van der Waals surface area contributed by atoms with E-state index in [4.69, 9.17) is 5.26 Å². The molecule has 1 atom stereocenters. The van der Waals surface area contributed by atoms with E-state index in [1.807, 2.05) is 5.43 Å². The molecule has 0 fully saturated rings. The fraction of sp³-hybridized carbons (Fsp3) is 0.600. The molecule has 1 N–H and O–H groups in total. The van der Waals surface area contributed by atoms with Crippen LogP contribution < -0.4 is 5.43 Å². The summed E-state index contributed by atoms with van der Waals surface area (Å²) in [5.41, 5.74) is 1.73. The number of halogens is 3. The van der Waals surface area contributed by atoms with Crippen molar-refractivity contribution in [2.24, 2.45) is 5.10 Å². The Labute approximate surface area is 60.5 Å². The minimum Gasteiger partial charge on any atom is -0.296 e. The Hall–Kier alpha value is -1.25. The van der Waals surface area contributed by atoms with Crippen LogP contribution in [0.4, 0.5) is 13.2 Å². The van der Waals surface area contributed by atoms with E-state index >= 15 is 0 Å². The van der Waals surface area contributed by atoms with E-state index in [0.29, 0.717) is 0 Å². The van der Waals surface area contributed by atoms with Gasteiger partial charge in [0, 0.05) is 6.42 Å². The first kappa shape index (κ1) is 7.85. The molecule has 1 rings (SSSR count). The zero-order valence-corrected chi connectivity index (χ0v) is 5.31. The quantitative estimate of drug-likeness (QED) is 0.573. The zero-order chi connectivity index (χ0) is 8.48. The molecule has 60 valence electrons. The second-order valence-electron chi connectivity index (χ2n) is 2.10. The summed E-state index contributed by atoms with van der Waals surface area (Å²) in [7, 11) is 0. The molecule has 6 heteroatoms. The fourth-order valence-electron chi connectivity index (χ4n) is 0.700. The number of nitriles is 1. The van der Waals surface area contributed by atoms with Crippen molar-refractivity contribution in [3.05, 3.63) is 0 Å². The van der Waals surface area contributed by atoms with Crippen molar-refractivity contribution in [2.75, 3.05) is 0 Å². The van der Waals surface area contributed by atoms with Gasteiger partial charge in [0.2, 0.25) is 0 Å². The van der Waals surface area contributed by atoms with Gasteiger partial charge in [0.1, 0.15) is 17.8 Å². The van der Waals surface area contributed by atoms with E-state index in [1.54, 1.807) is 6.07 Å². The first-order chi connectivity index (χ1) is 5.04. The highest BCUT2D eigenvalue weighted by molar-refractivity contribution is 5.99. The molecule has 0 saturated heterocycles. The van der Waals surface area contributed by atoms with Crippen molar-refractivity contribution in [1.82, 2.24) is 5.43 Å². The van der Waals surface area contributed by atoms with E-state index in [1.165, 1.54) is 0 Å². The van der Waals surface area contributed by atoms with Gasteiger partial charge >= 0.3 is 6.18 Å². The lowest BCUT2D eigenvalue weighted by atomic mass is 10.2. The number of hydrazone groups is 1. The van der Waals surface area contributed by atoms with Crippen molar-refractivity contribution in [1.29, 1.82) is 5.26 Å². The number of hydrogen-bond acceptors (Lipinski definition) is 3. The first-order valence-electron chi connectivity index (χ1n) is 2.83. The minimum absolute atomic E-state index is 0.104. The van der Waals surface area contributed by atoms with Crippen LogP contribution in [0.15, 0.2) is 5.10 Å². The highest BCUT2D eigenvalue weighted by atomic mass is 19.4. The summed E-state index contributed by atoms with van der Waals surface area (Å²) in [6.45, 7) is 0. The molecule has 0 bridgehead atoms. The molecule has 0 amide bonds. The highest BCUT2D eigenvalue weighted by Gasteiger charge is 2.42. The molecular weight excluding hydrogens is 159 g/mol. The molecule has 0 aromatic rings. The number of alkyl halides is 3. The molecule has 0 aliphatic carbocycles. The molecule has 0 spiro atoms. The lowest BCUT2D eigenvalue weighted by Crippen LogP contribution is -2.36. The third-order valence-electron chi connectivity index (χ3n) is 1.28. The summed E-state index contributed by atoms with van der Waals surface area (Å²) in [5, 5.41) is 11.3. The van der Waals surface area contributed by atoms with Gasteiger partial charge in [-0.3, -0.25) is 5.43 Å². The van der Waals surface area contributed by atoms with E-state index in [-0.39, 0.29) is 12.1 Å². The van der Waals surface area contributed by atoms with E-state index in [0.717, 1.165) is 0 Å². The molecule has 1 heterocycles. The Bertz CT molecular complexity index is 224. The average molecular weight is 163 g/mol. The van der Waals surface area contributed by atoms with Crippen LogP contribution in [0.25, 0.3) is 0 Å². The SMILES string of the molecule is N#CC1=NNC(C(F)(F)F)C1. The summed E-state index contributed by atoms with van der Waals surface area (Å²) in [6.07, 6.45) is -4.68. The summed E-state index contributed by atoms with van der Waals surface area (Å²) >= 11 is 0. The van der Waals surface area contributed by atoms with Crippen LogP contribution >= 0.6 is 0 Å². The highest BCUT2D eigenvalue weighted by Crippen LogP contribution is 2.24. The second-order valence-corrected chi connectivity index (χ2v) is 2.10. The predicted molar refractivity (Wildman–Crippen MR) is 30.6 cm³/mol. The Morgan fingerprint density at radius 3 is 2.55 bits per heavy atom. The second kappa shape index (κ2) is 2.42. The largest absolute Gasteiger partial charge is 0.410 e. The van der Waals surface area contributed by atoms with Crippen molar-refractivity contribution in [3.63, 3.8) is 0 Å². The van der Waals surface area contributed by atoms with Gasteiger partial charge in [-0.1, -0.05) is 0 Å². The zero-order valence-electron chi connectivity index (χ0n) is 5.31. The number of hydrogen-bond donors (Lipinski definition) is 1. The van der Waals surface area contributed by atoms with Crippen LogP contribution in [0.2, 0.25) is 0 Å². The molecule has 0 saturated carbocycles. The van der Waals surface area contributed by atoms with Crippen molar-refractivity contribution in [2.45, 2.75) is 18.6 Å². The Balaban J connectivity index is 2.56. The number of nitrogens with zero attached hydrogens (tertiary/aromatic N) is 2. The molecule has 1 unspecified atom stereocenters. The van der Waals surface area contributed by atoms with Crippen LogP contribution in [0.1, 0.15) is 6.42 Å². The van der Waals surface area contributed by atoms with Gasteiger partial charge in [-0.05, 0) is 0 Å². The number of nitrogens with one attached hydrogen (secondary N) is 1. The Morgan fingerprint density at radius 2 is 2.27 bits per heavy atom. The molecule has 3 nitrogen and oxygen atoms in total. The van der Waals surface area contributed by atoms with Crippen molar-refractivity contribution < 1.29 is 13.2 Å². The van der Waals surface area contributed by atoms with E-state index < -0.39 is 12.2 Å². The maximum absolute atomic E-state index is 11.8. The normalized spacial score (nSPS) is 23.8. The minimum atomic E-state index is -4.32. The van der Waals surface area contributed by atoms with Gasteiger partial charge in [0.25, 0.3) is 0 Å². The third kappa shape index (κ3) is 1.61. The van der Waals surface area contributed by atoms with Gasteiger partial charge in [0.05, 0.1) is 0 Å². The van der Waals surface area contributed by atoms with Crippen LogP contribution in [0.3, 0.4) is 0 Å². The third-order valence-corrected chi connectivity index (χ3v) is 1.28. The molecule has 0 aromatic heterocycles. The molecule has 1 aliphatic rings. The van der Waals surface area contributed by atoms with Gasteiger partial charge in [-0.2, -0.15) is 23.5 Å². The molecule has 0 radical (unpaired) electrons. The standard InChI is InChI=1S/C5H4F3N3/c6-5(7,8)4-1-3(2-9)10-11-4/h4,11H,1H2. The summed E-state index contributed by atoms with van der Waals surface area (Å²) in [6, 6.07) is -0.130. The lowest BCUT2D eigenvalue weighted by molar-refractivity contribution is -0.151. The maximum Gasteiger partial charge on any atom is 0.410 e. The molecular formula is C5H4F3N3. The van der Waals surface area contributed by atoms with Gasteiger partial charge in [-0.25, -0.2) is 0 Å². The van der Waals surface area contributed by atoms with Crippen LogP contribution in [-0.2, 0) is 0 Å². The van der Waals surface area contributed by atoms with Crippen molar-refractivity contribution in [3.8, 4) is 6.07 Å². The summed E-state index contributed by atoms with van der Waals surface area (Å²) < 4.78 is 35.5. The monoisotopic (exact) mass is 163 g/mol. The first-order valence-corrected chi connectivity index (χ1v) is 2.83. The lowest BCUT2D eigenvalue weighted by Gasteiger charge is -2.12. The van der Waals surface area contributed by atoms with Gasteiger partial charge in [0.15, 0.2) is 0 Å². The van der Waals surface area contributed by atoms with Crippen LogP contribution in [0, 0.1) is 11.3 Å². The Morgan fingerprint density at radius 1 is 1.64 bits per heavy atom. The predicted octanol–water partition coefficient (Wildman–Crippen LogP) is 0.790. The maximum atomic E-state index is 11.8. The topological polar surface area (TPSA) is 48.2 Å². The van der Waals surface area contributed by atoms with Crippen LogP contribution in [-0.4, -0.2) is 17.9 Å². The van der Waals surface area contributed by atoms with Gasteiger partial charge < -0.3 is 0 Å². The van der Waals surface area contributed by atoms with Gasteiger partial charge in [-0.15, -0.1) is 0 Å². The summed E-state index contributed by atoms with van der Waals surface area (Å²) in [5.74, 6) is 0. The average Bonchev–Trinajstić information content (AvgIpc) is 2.32. The van der Waals surface area contributed by atoms with E-state index in [9.17, 15) is 13.2 Å². The smallest absolute Gasteiger partial charge is 0.296 e. The molecule has 0 aromatic carbocycles. The Kier molecular flexibility index (Phi) is 1.72. The van der Waals surface area contributed by atoms with E-state index in [2.05, 4.69) is 5.10 Å². The molecule has 1 aliphatic heterocycles. The van der Waals surface area contributed by atoms with Crippen LogP contribution in [0.5, 0.6) is 0 Å².